The molecule has 8 heteroatoms. The maximum absolute atomic E-state index is 12.0. The molecule has 1 N–H and O–H groups in total. The van der Waals surface area contributed by atoms with Crippen LogP contribution in [0.1, 0.15) is 84.5 Å². The lowest BCUT2D eigenvalue weighted by atomic mass is 9.91. The first-order valence-electron chi connectivity index (χ1n) is 14.4. The monoisotopic (exact) mass is 572 g/mol. The summed E-state index contributed by atoms with van der Waals surface area (Å²) in [4.78, 5) is 34.1. The van der Waals surface area contributed by atoms with E-state index >= 15 is 0 Å². The van der Waals surface area contributed by atoms with Crippen molar-refractivity contribution in [1.82, 2.24) is 0 Å². The van der Waals surface area contributed by atoms with Gasteiger partial charge in [0.1, 0.15) is 19.0 Å². The summed E-state index contributed by atoms with van der Waals surface area (Å²) in [6, 6.07) is 15.1. The molecule has 0 aromatic heterocycles. The van der Waals surface area contributed by atoms with Crippen molar-refractivity contribution in [2.45, 2.75) is 74.1 Å². The van der Waals surface area contributed by atoms with E-state index in [0.717, 1.165) is 36.1 Å². The van der Waals surface area contributed by atoms with Crippen LogP contribution in [0.5, 0.6) is 5.75 Å². The van der Waals surface area contributed by atoms with Gasteiger partial charge in [0, 0.05) is 0 Å². The van der Waals surface area contributed by atoms with Crippen LogP contribution in [0.2, 0.25) is 0 Å². The molecule has 0 fully saturated rings. The van der Waals surface area contributed by atoms with Crippen molar-refractivity contribution in [3.63, 3.8) is 0 Å². The molecule has 2 rings (SSSR count). The molecule has 0 saturated carbocycles. The molecule has 0 aliphatic carbocycles. The zero-order valence-electron chi connectivity index (χ0n) is 25.8. The largest absolute Gasteiger partial charge is 0.491 e. The van der Waals surface area contributed by atoms with Crippen LogP contribution in [0.15, 0.2) is 48.5 Å². The van der Waals surface area contributed by atoms with E-state index in [1.165, 1.54) is 0 Å². The number of carbonyl (C=O) groups is 3. The summed E-state index contributed by atoms with van der Waals surface area (Å²) in [5.41, 5.74) is 1.59. The maximum Gasteiger partial charge on any atom is 0.338 e. The first kappa shape index (κ1) is 35.6. The summed E-state index contributed by atoms with van der Waals surface area (Å²) in [7, 11) is 0. The fourth-order valence-corrected chi connectivity index (χ4v) is 2.94. The highest BCUT2D eigenvalue weighted by atomic mass is 16.6. The third-order valence-corrected chi connectivity index (χ3v) is 6.90. The smallest absolute Gasteiger partial charge is 0.338 e. The average molecular weight is 573 g/mol. The van der Waals surface area contributed by atoms with Crippen molar-refractivity contribution < 1.29 is 38.4 Å². The Morgan fingerprint density at radius 2 is 1.22 bits per heavy atom. The first-order valence-corrected chi connectivity index (χ1v) is 14.4. The van der Waals surface area contributed by atoms with E-state index in [4.69, 9.17) is 24.1 Å². The number of aliphatic carboxylic acids is 1. The zero-order valence-corrected chi connectivity index (χ0v) is 25.8. The van der Waals surface area contributed by atoms with E-state index < -0.39 is 16.8 Å². The highest BCUT2D eigenvalue weighted by molar-refractivity contribution is 5.90. The summed E-state index contributed by atoms with van der Waals surface area (Å²) >= 11 is 0. The molecule has 0 radical (unpaired) electrons. The van der Waals surface area contributed by atoms with Crippen molar-refractivity contribution in [3.05, 3.63) is 54.1 Å². The van der Waals surface area contributed by atoms with Crippen LogP contribution in [0.25, 0.3) is 11.1 Å². The molecule has 228 valence electrons. The summed E-state index contributed by atoms with van der Waals surface area (Å²) in [6.07, 6.45) is 3.28. The Kier molecular flexibility index (Phi) is 15.8. The summed E-state index contributed by atoms with van der Waals surface area (Å²) in [6.45, 7) is 14.9. The van der Waals surface area contributed by atoms with Crippen molar-refractivity contribution >= 4 is 17.9 Å². The highest BCUT2D eigenvalue weighted by Gasteiger charge is 2.26. The summed E-state index contributed by atoms with van der Waals surface area (Å²) < 4.78 is 21.6. The molecule has 0 bridgehead atoms. The Hall–Kier alpha value is -3.39. The van der Waals surface area contributed by atoms with Gasteiger partial charge in [0.05, 0.1) is 36.2 Å². The number of hydrogen-bond acceptors (Lipinski definition) is 7. The molecule has 0 atom stereocenters. The number of ether oxygens (including phenoxy) is 4. The summed E-state index contributed by atoms with van der Waals surface area (Å²) in [5, 5.41) is 8.44. The number of hydrogen-bond donors (Lipinski definition) is 1. The quantitative estimate of drug-likeness (QED) is 0.166. The van der Waals surface area contributed by atoms with Gasteiger partial charge in [-0.25, -0.2) is 4.79 Å². The van der Waals surface area contributed by atoms with E-state index in [1.54, 1.807) is 26.0 Å². The Morgan fingerprint density at radius 1 is 0.683 bits per heavy atom. The summed E-state index contributed by atoms with van der Waals surface area (Å²) in [5.74, 6) is -0.468. The Balaban J connectivity index is 0.000000915. The van der Waals surface area contributed by atoms with Crippen molar-refractivity contribution in [2.75, 3.05) is 33.0 Å². The molecule has 0 saturated heterocycles. The predicted octanol–water partition coefficient (Wildman–Crippen LogP) is 7.19. The zero-order chi connectivity index (χ0) is 30.9. The van der Waals surface area contributed by atoms with E-state index in [0.29, 0.717) is 38.4 Å². The minimum Gasteiger partial charge on any atom is -0.491 e. The minimum absolute atomic E-state index is 0.202. The second-order valence-electron chi connectivity index (χ2n) is 11.0. The van der Waals surface area contributed by atoms with Gasteiger partial charge in [0.15, 0.2) is 0 Å². The number of benzene rings is 2. The second kappa shape index (κ2) is 18.1. The average Bonchev–Trinajstić information content (AvgIpc) is 2.97. The van der Waals surface area contributed by atoms with Gasteiger partial charge >= 0.3 is 17.9 Å². The van der Waals surface area contributed by atoms with Crippen LogP contribution in [0, 0.1) is 10.8 Å². The van der Waals surface area contributed by atoms with Gasteiger partial charge in [-0.2, -0.15) is 0 Å². The van der Waals surface area contributed by atoms with Crippen molar-refractivity contribution in [1.29, 1.82) is 0 Å². The third-order valence-electron chi connectivity index (χ3n) is 6.90. The molecule has 0 spiro atoms. The lowest BCUT2D eigenvalue weighted by molar-refractivity contribution is -0.155. The second-order valence-corrected chi connectivity index (χ2v) is 11.0. The van der Waals surface area contributed by atoms with E-state index in [9.17, 15) is 14.4 Å². The van der Waals surface area contributed by atoms with Gasteiger partial charge in [0.2, 0.25) is 0 Å². The van der Waals surface area contributed by atoms with Gasteiger partial charge in [-0.1, -0.05) is 51.5 Å². The minimum atomic E-state index is -0.722. The number of carbonyl (C=O) groups excluding carboxylic acids is 2. The van der Waals surface area contributed by atoms with Crippen LogP contribution in [-0.2, 0) is 23.8 Å². The maximum atomic E-state index is 12.0. The molecule has 2 aromatic carbocycles. The Morgan fingerprint density at radius 3 is 1.71 bits per heavy atom. The molecule has 0 aliphatic rings. The molecule has 0 aliphatic heterocycles. The van der Waals surface area contributed by atoms with Crippen LogP contribution >= 0.6 is 0 Å². The van der Waals surface area contributed by atoms with Gasteiger partial charge in [-0.05, 0) is 82.3 Å². The Bertz CT molecular complexity index is 1060. The van der Waals surface area contributed by atoms with Crippen LogP contribution in [0.4, 0.5) is 0 Å². The fourth-order valence-electron chi connectivity index (χ4n) is 2.94. The van der Waals surface area contributed by atoms with Gasteiger partial charge in [-0.15, -0.1) is 0 Å². The molecular formula is C33H48O8. The van der Waals surface area contributed by atoms with Gasteiger partial charge < -0.3 is 24.1 Å². The number of unbranched alkanes of at least 4 members (excludes halogenated alkanes) is 1. The number of carboxylic acid groups (broad SMARTS) is 1. The third kappa shape index (κ3) is 13.2. The van der Waals surface area contributed by atoms with Crippen LogP contribution in [-0.4, -0.2) is 56.0 Å². The van der Waals surface area contributed by atoms with Crippen molar-refractivity contribution in [2.24, 2.45) is 10.8 Å². The number of carboxylic acids is 1. The van der Waals surface area contributed by atoms with Crippen LogP contribution in [0.3, 0.4) is 0 Å². The van der Waals surface area contributed by atoms with Crippen LogP contribution < -0.4 is 4.74 Å². The molecular weight excluding hydrogens is 524 g/mol. The van der Waals surface area contributed by atoms with E-state index in [2.05, 4.69) is 6.92 Å². The molecule has 0 heterocycles. The molecule has 8 nitrogen and oxygen atoms in total. The number of esters is 2. The van der Waals surface area contributed by atoms with Gasteiger partial charge in [0.25, 0.3) is 0 Å². The standard InChI is InChI=1S/C27H36O6.C6H12O2/c1-5-7-16-32-25(28)23-10-8-21(9-11-23)22-12-14-24(15-13-22)31-19-17-30-18-20-33-26(29)27(3,4)6-2;1-4-6(2,3)5(7)8/h8-15H,5-7,16-20H2,1-4H3;4H2,1-3H3,(H,7,8). The first-order chi connectivity index (χ1) is 19.4. The molecule has 0 unspecified atom stereocenters. The van der Waals surface area contributed by atoms with E-state index in [1.807, 2.05) is 64.1 Å². The molecule has 0 amide bonds. The lowest BCUT2D eigenvalue weighted by Gasteiger charge is -2.20. The topological polar surface area (TPSA) is 108 Å². The van der Waals surface area contributed by atoms with Crippen molar-refractivity contribution in [3.8, 4) is 16.9 Å². The van der Waals surface area contributed by atoms with E-state index in [-0.39, 0.29) is 18.5 Å². The number of rotatable bonds is 16. The molecule has 2 aromatic rings. The highest BCUT2D eigenvalue weighted by Crippen LogP contribution is 2.24. The fraction of sp³-hybridized carbons (Fsp3) is 0.545. The molecule has 41 heavy (non-hydrogen) atoms. The predicted molar refractivity (Wildman–Crippen MR) is 160 cm³/mol. The lowest BCUT2D eigenvalue weighted by Crippen LogP contribution is -2.27. The van der Waals surface area contributed by atoms with Gasteiger partial charge in [-0.3, -0.25) is 9.59 Å². The Labute approximate surface area is 245 Å². The SMILES string of the molecule is CCC(C)(C)C(=O)O.CCCCOC(=O)c1ccc(-c2ccc(OCCOCCOC(=O)C(C)(C)CC)cc2)cc1. The normalized spacial score (nSPS) is 11.2.